The fourth-order valence-corrected chi connectivity index (χ4v) is 3.87. The Kier molecular flexibility index (Phi) is 13.0. The second-order valence-electron chi connectivity index (χ2n) is 9.35. The second kappa shape index (κ2) is 17.1. The lowest BCUT2D eigenvalue weighted by molar-refractivity contribution is 0.0517. The Hall–Kier alpha value is -5.49. The molecule has 13 heteroatoms. The van der Waals surface area contributed by atoms with Crippen LogP contribution in [-0.2, 0) is 9.47 Å². The molecule has 0 spiro atoms. The van der Waals surface area contributed by atoms with E-state index in [0.717, 1.165) is 6.07 Å². The first-order chi connectivity index (χ1) is 22.0. The number of amides is 4. The molecule has 0 fully saturated rings. The highest BCUT2D eigenvalue weighted by Crippen LogP contribution is 2.20. The molecule has 0 aromatic heterocycles. The SMILES string of the molecule is CCOC(=O)c1ccc(NC(=O)Nc2ccc(F)c(C)c2)cc1.CCOC(=O)c1ccc(NC(=O)Nc2ccc(F)c(Cl)c2)cc1. The van der Waals surface area contributed by atoms with Crippen molar-refractivity contribution in [3.8, 4) is 0 Å². The van der Waals surface area contributed by atoms with Gasteiger partial charge in [0.2, 0.25) is 0 Å². The Labute approximate surface area is 269 Å². The molecule has 0 heterocycles. The minimum atomic E-state index is -0.563. The highest BCUT2D eigenvalue weighted by Gasteiger charge is 2.10. The van der Waals surface area contributed by atoms with Crippen LogP contribution in [0.2, 0.25) is 5.02 Å². The van der Waals surface area contributed by atoms with E-state index in [1.165, 1.54) is 24.3 Å². The largest absolute Gasteiger partial charge is 0.462 e. The fraction of sp³-hybridized carbons (Fsp3) is 0.152. The van der Waals surface area contributed by atoms with Crippen molar-refractivity contribution in [1.29, 1.82) is 0 Å². The van der Waals surface area contributed by atoms with Crippen molar-refractivity contribution in [2.45, 2.75) is 20.8 Å². The molecule has 0 aliphatic rings. The molecule has 4 aromatic carbocycles. The molecule has 0 saturated heterocycles. The standard InChI is InChI=1S/C17H17FN2O3.C16H14ClFN2O3/c1-3-23-16(21)12-4-6-13(7-5-12)19-17(22)20-14-8-9-15(18)11(2)10-14;1-2-23-15(21)10-3-5-11(6-4-10)19-16(22)20-12-7-8-14(18)13(17)9-12/h4-10H,3H2,1-2H3,(H2,19,20,22);3-9H,2H2,1H3,(H2,19,20,22). The molecule has 0 saturated carbocycles. The van der Waals surface area contributed by atoms with Crippen molar-refractivity contribution in [2.24, 2.45) is 0 Å². The van der Waals surface area contributed by atoms with Gasteiger partial charge in [-0.15, -0.1) is 0 Å². The minimum absolute atomic E-state index is 0.0819. The smallest absolute Gasteiger partial charge is 0.338 e. The number of nitrogens with one attached hydrogen (secondary N) is 4. The van der Waals surface area contributed by atoms with E-state index in [1.54, 1.807) is 75.4 Å². The number of urea groups is 2. The van der Waals surface area contributed by atoms with E-state index in [2.05, 4.69) is 21.3 Å². The summed E-state index contributed by atoms with van der Waals surface area (Å²) in [4.78, 5) is 46.8. The lowest BCUT2D eigenvalue weighted by Crippen LogP contribution is -2.19. The molecule has 4 rings (SSSR count). The zero-order chi connectivity index (χ0) is 33.6. The predicted molar refractivity (Wildman–Crippen MR) is 173 cm³/mol. The predicted octanol–water partition coefficient (Wildman–Crippen LogP) is 8.25. The summed E-state index contributed by atoms with van der Waals surface area (Å²) in [6, 6.07) is 19.8. The maximum atomic E-state index is 13.2. The minimum Gasteiger partial charge on any atom is -0.462 e. The highest BCUT2D eigenvalue weighted by atomic mass is 35.5. The van der Waals surface area contributed by atoms with Crippen molar-refractivity contribution in [1.82, 2.24) is 0 Å². The second-order valence-corrected chi connectivity index (χ2v) is 9.75. The summed E-state index contributed by atoms with van der Waals surface area (Å²) in [6.45, 7) is 5.67. The number of esters is 2. The van der Waals surface area contributed by atoms with Crippen molar-refractivity contribution >= 4 is 58.4 Å². The lowest BCUT2D eigenvalue weighted by Gasteiger charge is -2.09. The van der Waals surface area contributed by atoms with Crippen LogP contribution >= 0.6 is 11.6 Å². The van der Waals surface area contributed by atoms with E-state index in [0.29, 0.717) is 52.7 Å². The van der Waals surface area contributed by atoms with Crippen LogP contribution in [0.3, 0.4) is 0 Å². The van der Waals surface area contributed by atoms with Gasteiger partial charge in [0.1, 0.15) is 11.6 Å². The molecule has 240 valence electrons. The van der Waals surface area contributed by atoms with E-state index < -0.39 is 29.8 Å². The van der Waals surface area contributed by atoms with Gasteiger partial charge in [-0.1, -0.05) is 11.6 Å². The van der Waals surface area contributed by atoms with Crippen molar-refractivity contribution < 1.29 is 37.4 Å². The van der Waals surface area contributed by atoms with Gasteiger partial charge in [-0.2, -0.15) is 0 Å². The number of hydrogen-bond donors (Lipinski definition) is 4. The van der Waals surface area contributed by atoms with Crippen LogP contribution in [0.4, 0.5) is 41.1 Å². The van der Waals surface area contributed by atoms with Crippen LogP contribution in [-0.4, -0.2) is 37.2 Å². The molecular weight excluding hydrogens is 622 g/mol. The highest BCUT2D eigenvalue weighted by molar-refractivity contribution is 6.31. The summed E-state index contributed by atoms with van der Waals surface area (Å²) < 4.78 is 36.0. The number of aryl methyl sites for hydroxylation is 1. The Bertz CT molecular complexity index is 1560. The molecule has 0 bridgehead atoms. The molecule has 0 aliphatic carbocycles. The number of rotatable bonds is 8. The van der Waals surface area contributed by atoms with Gasteiger partial charge in [-0.05, 0) is 111 Å². The topological polar surface area (TPSA) is 135 Å². The first-order valence-corrected chi connectivity index (χ1v) is 14.3. The average molecular weight is 653 g/mol. The Morgan fingerprint density at radius 3 is 1.35 bits per heavy atom. The van der Waals surface area contributed by atoms with Gasteiger partial charge in [0.05, 0.1) is 29.4 Å². The van der Waals surface area contributed by atoms with E-state index in [9.17, 15) is 28.0 Å². The normalized spacial score (nSPS) is 10.0. The van der Waals surface area contributed by atoms with Crippen LogP contribution in [0.15, 0.2) is 84.9 Å². The van der Waals surface area contributed by atoms with Crippen LogP contribution in [0, 0.1) is 18.6 Å². The number of benzene rings is 4. The number of halogens is 3. The van der Waals surface area contributed by atoms with Crippen LogP contribution < -0.4 is 21.3 Å². The van der Waals surface area contributed by atoms with E-state index in [-0.39, 0.29) is 10.8 Å². The molecule has 4 aromatic rings. The first-order valence-electron chi connectivity index (χ1n) is 13.9. The molecule has 0 unspecified atom stereocenters. The molecule has 0 aliphatic heterocycles. The van der Waals surface area contributed by atoms with Crippen molar-refractivity contribution in [3.05, 3.63) is 118 Å². The third kappa shape index (κ3) is 10.9. The molecule has 4 amide bonds. The summed E-state index contributed by atoms with van der Waals surface area (Å²) >= 11 is 5.64. The van der Waals surface area contributed by atoms with E-state index in [4.69, 9.17) is 21.1 Å². The summed E-state index contributed by atoms with van der Waals surface area (Å²) in [6.07, 6.45) is 0. The Morgan fingerprint density at radius 1 is 0.587 bits per heavy atom. The molecule has 10 nitrogen and oxygen atoms in total. The van der Waals surface area contributed by atoms with Gasteiger partial charge >= 0.3 is 24.0 Å². The van der Waals surface area contributed by atoms with E-state index >= 15 is 0 Å². The zero-order valence-electron chi connectivity index (χ0n) is 25.1. The monoisotopic (exact) mass is 652 g/mol. The summed E-state index contributed by atoms with van der Waals surface area (Å²) in [5, 5.41) is 10.3. The lowest BCUT2D eigenvalue weighted by atomic mass is 10.2. The maximum Gasteiger partial charge on any atom is 0.338 e. The molecular formula is C33H31ClF2N4O6. The Morgan fingerprint density at radius 2 is 0.957 bits per heavy atom. The number of carbonyl (C=O) groups is 4. The summed E-state index contributed by atoms with van der Waals surface area (Å²) in [5.74, 6) is -1.73. The average Bonchev–Trinajstić information content (AvgIpc) is 3.02. The number of ether oxygens (including phenoxy) is 2. The van der Waals surface area contributed by atoms with Gasteiger partial charge < -0.3 is 30.7 Å². The van der Waals surface area contributed by atoms with E-state index in [1.807, 2.05) is 0 Å². The van der Waals surface area contributed by atoms with Gasteiger partial charge in [0, 0.05) is 22.7 Å². The molecule has 0 radical (unpaired) electrons. The first kappa shape index (κ1) is 35.0. The van der Waals surface area contributed by atoms with Crippen LogP contribution in [0.5, 0.6) is 0 Å². The van der Waals surface area contributed by atoms with Crippen LogP contribution in [0.25, 0.3) is 0 Å². The van der Waals surface area contributed by atoms with Gasteiger partial charge in [0.25, 0.3) is 0 Å². The van der Waals surface area contributed by atoms with Gasteiger partial charge in [-0.3, -0.25) is 0 Å². The number of carbonyl (C=O) groups excluding carboxylic acids is 4. The fourth-order valence-electron chi connectivity index (χ4n) is 3.69. The molecule has 0 atom stereocenters. The molecule has 4 N–H and O–H groups in total. The van der Waals surface area contributed by atoms with Crippen molar-refractivity contribution in [2.75, 3.05) is 34.5 Å². The zero-order valence-corrected chi connectivity index (χ0v) is 25.8. The Balaban J connectivity index is 0.000000250. The summed E-state index contributed by atoms with van der Waals surface area (Å²) in [5.41, 5.74) is 3.11. The third-order valence-corrected chi connectivity index (χ3v) is 6.19. The number of anilines is 4. The van der Waals surface area contributed by atoms with Crippen molar-refractivity contribution in [3.63, 3.8) is 0 Å². The van der Waals surface area contributed by atoms with Crippen LogP contribution in [0.1, 0.15) is 40.1 Å². The maximum absolute atomic E-state index is 13.2. The third-order valence-electron chi connectivity index (χ3n) is 5.90. The molecule has 46 heavy (non-hydrogen) atoms. The summed E-state index contributed by atoms with van der Waals surface area (Å²) in [7, 11) is 0. The van der Waals surface area contributed by atoms with Gasteiger partial charge in [0.15, 0.2) is 0 Å². The quantitative estimate of drug-likeness (QED) is 0.142. The van der Waals surface area contributed by atoms with Gasteiger partial charge in [-0.25, -0.2) is 28.0 Å². The number of hydrogen-bond acceptors (Lipinski definition) is 6.